The number of carbonyl (C=O) groups excluding carboxylic acids is 1. The van der Waals surface area contributed by atoms with E-state index in [9.17, 15) is 13.2 Å². The van der Waals surface area contributed by atoms with Gasteiger partial charge in [0.2, 0.25) is 0 Å². The molecule has 0 fully saturated rings. The fourth-order valence-corrected chi connectivity index (χ4v) is 6.00. The molecule has 0 saturated carbocycles. The van der Waals surface area contributed by atoms with Crippen LogP contribution in [0.5, 0.6) is 0 Å². The molecule has 2 amide bonds. The van der Waals surface area contributed by atoms with E-state index in [-0.39, 0.29) is 33.7 Å². The summed E-state index contributed by atoms with van der Waals surface area (Å²) in [4.78, 5) is 14.7. The van der Waals surface area contributed by atoms with Crippen LogP contribution >= 0.6 is 45.8 Å². The average molecular weight is 573 g/mol. The Hall–Kier alpha value is -1.81. The smallest absolute Gasteiger partial charge is 0.288 e. The summed E-state index contributed by atoms with van der Waals surface area (Å²) in [6, 6.07) is 18.8. The van der Waals surface area contributed by atoms with E-state index in [2.05, 4.69) is 22.6 Å². The Morgan fingerprint density at radius 2 is 1.50 bits per heavy atom. The Morgan fingerprint density at radius 3 is 2.17 bits per heavy atom. The predicted molar refractivity (Wildman–Crippen MR) is 126 cm³/mol. The molecule has 5 nitrogen and oxygen atoms in total. The first kappa shape index (κ1) is 21.4. The van der Waals surface area contributed by atoms with Crippen molar-refractivity contribution in [1.82, 2.24) is 4.31 Å². The molecule has 0 aromatic heterocycles. The molecule has 1 heterocycles. The lowest BCUT2D eigenvalue weighted by molar-refractivity contribution is 0.226. The molecular weight excluding hydrogens is 558 g/mol. The Morgan fingerprint density at radius 1 is 0.867 bits per heavy atom. The molecule has 3 aromatic carbocycles. The topological polar surface area (TPSA) is 57.7 Å². The van der Waals surface area contributed by atoms with E-state index < -0.39 is 16.1 Å². The van der Waals surface area contributed by atoms with Crippen molar-refractivity contribution in [3.63, 3.8) is 0 Å². The van der Waals surface area contributed by atoms with E-state index in [1.54, 1.807) is 12.1 Å². The van der Waals surface area contributed by atoms with E-state index in [4.69, 9.17) is 23.2 Å². The van der Waals surface area contributed by atoms with E-state index in [0.717, 1.165) is 13.4 Å². The van der Waals surface area contributed by atoms with Crippen molar-refractivity contribution in [1.29, 1.82) is 0 Å². The van der Waals surface area contributed by atoms with E-state index in [1.807, 2.05) is 42.5 Å². The Kier molecular flexibility index (Phi) is 5.98. The monoisotopic (exact) mass is 572 g/mol. The molecule has 0 spiro atoms. The van der Waals surface area contributed by atoms with Crippen molar-refractivity contribution in [3.05, 3.63) is 91.5 Å². The minimum Gasteiger partial charge on any atom is -0.288 e. The lowest BCUT2D eigenvalue weighted by Gasteiger charge is -2.37. The zero-order valence-electron chi connectivity index (χ0n) is 15.4. The number of sulfonamides is 1. The van der Waals surface area contributed by atoms with Gasteiger partial charge in [0.1, 0.15) is 4.90 Å². The van der Waals surface area contributed by atoms with Crippen LogP contribution in [-0.4, -0.2) is 18.8 Å². The lowest BCUT2D eigenvalue weighted by atomic mass is 10.2. The second-order valence-corrected chi connectivity index (χ2v) is 10.6. The lowest BCUT2D eigenvalue weighted by Crippen LogP contribution is -2.50. The molecular formula is C21H15Cl2IN2O3S. The highest BCUT2D eigenvalue weighted by molar-refractivity contribution is 14.1. The third-order valence-electron chi connectivity index (χ3n) is 4.69. The number of anilines is 1. The molecule has 0 aliphatic carbocycles. The van der Waals surface area contributed by atoms with Crippen LogP contribution in [0.2, 0.25) is 10.0 Å². The van der Waals surface area contributed by atoms with Gasteiger partial charge < -0.3 is 0 Å². The minimum atomic E-state index is -4.16. The average Bonchev–Trinajstić information content (AvgIpc) is 2.70. The van der Waals surface area contributed by atoms with Crippen LogP contribution in [0.4, 0.5) is 10.5 Å². The Bertz CT molecular complexity index is 1220. The van der Waals surface area contributed by atoms with Gasteiger partial charge in [-0.3, -0.25) is 4.90 Å². The molecule has 0 N–H and O–H groups in total. The summed E-state index contributed by atoms with van der Waals surface area (Å²) in [5, 5.41) is 0.238. The molecule has 0 unspecified atom stereocenters. The van der Waals surface area contributed by atoms with Gasteiger partial charge in [0.15, 0.2) is 0 Å². The predicted octanol–water partition coefficient (Wildman–Crippen LogP) is 5.93. The van der Waals surface area contributed by atoms with Crippen LogP contribution in [0, 0.1) is 3.57 Å². The maximum Gasteiger partial charge on any atom is 0.339 e. The van der Waals surface area contributed by atoms with Gasteiger partial charge in [-0.05, 0) is 58.0 Å². The van der Waals surface area contributed by atoms with Gasteiger partial charge in [-0.25, -0.2) is 17.5 Å². The highest BCUT2D eigenvalue weighted by atomic mass is 127. The zero-order valence-corrected chi connectivity index (χ0v) is 19.9. The van der Waals surface area contributed by atoms with Crippen molar-refractivity contribution >= 4 is 67.5 Å². The van der Waals surface area contributed by atoms with Crippen LogP contribution in [-0.2, 0) is 23.1 Å². The molecule has 0 saturated heterocycles. The van der Waals surface area contributed by atoms with Crippen molar-refractivity contribution in [2.24, 2.45) is 0 Å². The molecule has 1 aliphatic heterocycles. The van der Waals surface area contributed by atoms with Gasteiger partial charge in [-0.2, -0.15) is 0 Å². The normalized spacial score (nSPS) is 15.2. The number of fused-ring (bicyclic) bond motifs is 1. The van der Waals surface area contributed by atoms with Gasteiger partial charge in [0.05, 0.1) is 23.8 Å². The number of urea groups is 1. The third-order valence-corrected chi connectivity index (χ3v) is 7.85. The van der Waals surface area contributed by atoms with Crippen molar-refractivity contribution in [2.45, 2.75) is 18.0 Å². The summed E-state index contributed by atoms with van der Waals surface area (Å²) in [5.41, 5.74) is 1.72. The van der Waals surface area contributed by atoms with Crippen LogP contribution < -0.4 is 4.90 Å². The highest BCUT2D eigenvalue weighted by Crippen LogP contribution is 2.42. The number of benzene rings is 3. The van der Waals surface area contributed by atoms with Gasteiger partial charge in [-0.15, -0.1) is 0 Å². The first-order valence-electron chi connectivity index (χ1n) is 8.89. The molecule has 0 bridgehead atoms. The van der Waals surface area contributed by atoms with E-state index >= 15 is 0 Å². The third kappa shape index (κ3) is 4.03. The first-order valence-corrected chi connectivity index (χ1v) is 12.2. The van der Waals surface area contributed by atoms with Crippen LogP contribution in [0.3, 0.4) is 0 Å². The standard InChI is InChI=1S/C21H15Cl2IN2O3S/c22-16-10-18(23)20-19(11-16)25(12-14-4-2-1-3-5-14)21(27)26(30(20,28)29)13-15-6-8-17(24)9-7-15/h1-11H,12-13H2. The van der Waals surface area contributed by atoms with Crippen molar-refractivity contribution < 1.29 is 13.2 Å². The van der Waals surface area contributed by atoms with Crippen LogP contribution in [0.25, 0.3) is 0 Å². The summed E-state index contributed by atoms with van der Waals surface area (Å²) in [7, 11) is -4.16. The summed E-state index contributed by atoms with van der Waals surface area (Å²) in [6.45, 7) is 0.0871. The van der Waals surface area contributed by atoms with Gasteiger partial charge in [-0.1, -0.05) is 65.7 Å². The molecule has 3 aromatic rings. The Labute approximate surface area is 198 Å². The fraction of sp³-hybridized carbons (Fsp3) is 0.0952. The second-order valence-electron chi connectivity index (χ2n) is 6.73. The summed E-state index contributed by atoms with van der Waals surface area (Å²) >= 11 is 14.6. The van der Waals surface area contributed by atoms with Crippen LogP contribution in [0.1, 0.15) is 11.1 Å². The largest absolute Gasteiger partial charge is 0.339 e. The molecule has 1 aliphatic rings. The van der Waals surface area contributed by atoms with E-state index in [1.165, 1.54) is 17.0 Å². The van der Waals surface area contributed by atoms with Crippen molar-refractivity contribution in [3.8, 4) is 0 Å². The number of rotatable bonds is 4. The first-order chi connectivity index (χ1) is 14.3. The second kappa shape index (κ2) is 8.37. The zero-order chi connectivity index (χ0) is 21.5. The Balaban J connectivity index is 1.84. The highest BCUT2D eigenvalue weighted by Gasteiger charge is 2.43. The van der Waals surface area contributed by atoms with Gasteiger partial charge >= 0.3 is 6.03 Å². The molecule has 0 radical (unpaired) electrons. The minimum absolute atomic E-state index is 0.0179. The summed E-state index contributed by atoms with van der Waals surface area (Å²) in [5.74, 6) is 0. The maximum absolute atomic E-state index is 13.4. The number of amides is 2. The summed E-state index contributed by atoms with van der Waals surface area (Å²) < 4.78 is 28.6. The van der Waals surface area contributed by atoms with Crippen LogP contribution in [0.15, 0.2) is 71.6 Å². The number of halogens is 3. The quantitative estimate of drug-likeness (QED) is 0.364. The number of carbonyl (C=O) groups is 1. The molecule has 4 rings (SSSR count). The molecule has 30 heavy (non-hydrogen) atoms. The van der Waals surface area contributed by atoms with E-state index in [0.29, 0.717) is 5.56 Å². The number of hydrogen-bond acceptors (Lipinski definition) is 3. The summed E-state index contributed by atoms with van der Waals surface area (Å²) in [6.07, 6.45) is 0. The number of hydrogen-bond donors (Lipinski definition) is 0. The fourth-order valence-electron chi connectivity index (χ4n) is 3.28. The molecule has 154 valence electrons. The number of nitrogens with zero attached hydrogens (tertiary/aromatic N) is 2. The van der Waals surface area contributed by atoms with Gasteiger partial charge in [0, 0.05) is 8.59 Å². The van der Waals surface area contributed by atoms with Crippen molar-refractivity contribution in [2.75, 3.05) is 4.90 Å². The maximum atomic E-state index is 13.4. The molecule has 0 atom stereocenters. The van der Waals surface area contributed by atoms with Gasteiger partial charge in [0.25, 0.3) is 10.0 Å². The SMILES string of the molecule is O=C1N(Cc2ccccc2)c2cc(Cl)cc(Cl)c2S(=O)(=O)N1Cc1ccc(I)cc1. The molecule has 9 heteroatoms.